The Hall–Kier alpha value is -3.73. The fourth-order valence-electron chi connectivity index (χ4n) is 3.71. The van der Waals surface area contributed by atoms with Crippen molar-refractivity contribution in [2.24, 2.45) is 0 Å². The van der Waals surface area contributed by atoms with Crippen molar-refractivity contribution < 1.29 is 14.2 Å². The molecule has 5 nitrogen and oxygen atoms in total. The summed E-state index contributed by atoms with van der Waals surface area (Å²) in [6.45, 7) is 0.716. The lowest BCUT2D eigenvalue weighted by Crippen LogP contribution is -2.20. The molecule has 0 saturated heterocycles. The van der Waals surface area contributed by atoms with Crippen molar-refractivity contribution in [1.82, 2.24) is 4.57 Å². The van der Waals surface area contributed by atoms with Crippen LogP contribution in [0.5, 0.6) is 17.2 Å². The van der Waals surface area contributed by atoms with Gasteiger partial charge in [0, 0.05) is 11.5 Å². The van der Waals surface area contributed by atoms with Crippen LogP contribution in [0.1, 0.15) is 5.56 Å². The Labute approximate surface area is 167 Å². The van der Waals surface area contributed by atoms with Gasteiger partial charge in [0.05, 0.1) is 19.2 Å². The van der Waals surface area contributed by atoms with E-state index < -0.39 is 0 Å². The van der Waals surface area contributed by atoms with Crippen molar-refractivity contribution in [2.45, 2.75) is 6.54 Å². The predicted molar refractivity (Wildman–Crippen MR) is 112 cm³/mol. The second-order valence-corrected chi connectivity index (χ2v) is 6.92. The molecule has 0 bridgehead atoms. The smallest absolute Gasteiger partial charge is 0.251 e. The van der Waals surface area contributed by atoms with Gasteiger partial charge in [0.15, 0.2) is 11.5 Å². The van der Waals surface area contributed by atoms with E-state index in [2.05, 4.69) is 0 Å². The Morgan fingerprint density at radius 2 is 1.72 bits per heavy atom. The molecular weight excluding hydrogens is 366 g/mol. The second kappa shape index (κ2) is 7.02. The molecule has 29 heavy (non-hydrogen) atoms. The van der Waals surface area contributed by atoms with Gasteiger partial charge in [-0.3, -0.25) is 4.79 Å². The number of hydrogen-bond acceptors (Lipinski definition) is 4. The van der Waals surface area contributed by atoms with E-state index in [0.29, 0.717) is 12.3 Å². The number of para-hydroxylation sites is 1. The molecule has 0 unspecified atom stereocenters. The molecular formula is C24H19NO4. The topological polar surface area (TPSA) is 49.7 Å². The van der Waals surface area contributed by atoms with Gasteiger partial charge in [0.1, 0.15) is 5.75 Å². The summed E-state index contributed by atoms with van der Waals surface area (Å²) in [5, 5.41) is 1.01. The molecule has 1 aliphatic heterocycles. The average Bonchev–Trinajstić information content (AvgIpc) is 3.24. The number of fused-ring (bicyclic) bond motifs is 2. The molecule has 144 valence electrons. The summed E-state index contributed by atoms with van der Waals surface area (Å²) in [7, 11) is 1.64. The molecule has 0 N–H and O–H groups in total. The summed E-state index contributed by atoms with van der Waals surface area (Å²) in [6, 6.07) is 23.2. The molecule has 1 aromatic heterocycles. The van der Waals surface area contributed by atoms with Gasteiger partial charge >= 0.3 is 0 Å². The molecule has 0 spiro atoms. The Morgan fingerprint density at radius 3 is 2.55 bits per heavy atom. The number of aromatic nitrogens is 1. The van der Waals surface area contributed by atoms with Crippen LogP contribution in [-0.4, -0.2) is 18.5 Å². The molecule has 0 atom stereocenters. The summed E-state index contributed by atoms with van der Waals surface area (Å²) in [5.41, 5.74) is 3.69. The van der Waals surface area contributed by atoms with Crippen LogP contribution in [0.4, 0.5) is 0 Å². The fourth-order valence-corrected chi connectivity index (χ4v) is 3.71. The molecule has 4 aromatic rings. The minimum atomic E-state index is -0.0489. The predicted octanol–water partition coefficient (Wildman–Crippen LogP) is 4.45. The van der Waals surface area contributed by atoms with E-state index in [9.17, 15) is 4.79 Å². The van der Waals surface area contributed by atoms with Gasteiger partial charge in [-0.05, 0) is 47.0 Å². The number of pyridine rings is 1. The van der Waals surface area contributed by atoms with Crippen LogP contribution in [-0.2, 0) is 6.54 Å². The summed E-state index contributed by atoms with van der Waals surface area (Å²) in [5.74, 6) is 2.23. The number of nitrogens with zero attached hydrogens (tertiary/aromatic N) is 1. The van der Waals surface area contributed by atoms with Gasteiger partial charge < -0.3 is 18.8 Å². The first kappa shape index (κ1) is 17.4. The maximum atomic E-state index is 13.1. The van der Waals surface area contributed by atoms with Gasteiger partial charge in [-0.15, -0.1) is 0 Å². The highest BCUT2D eigenvalue weighted by molar-refractivity contribution is 5.95. The van der Waals surface area contributed by atoms with Crippen LogP contribution in [0, 0.1) is 0 Å². The Kier molecular flexibility index (Phi) is 4.21. The van der Waals surface area contributed by atoms with Crippen LogP contribution >= 0.6 is 0 Å². The van der Waals surface area contributed by atoms with Crippen molar-refractivity contribution in [3.63, 3.8) is 0 Å². The molecule has 5 rings (SSSR count). The van der Waals surface area contributed by atoms with Gasteiger partial charge in [-0.1, -0.05) is 36.4 Å². The van der Waals surface area contributed by atoms with Crippen LogP contribution < -0.4 is 19.8 Å². The first-order valence-electron chi connectivity index (χ1n) is 9.38. The molecule has 0 fully saturated rings. The SMILES string of the molecule is COc1ccc(Cn2c(=O)cc(-c3ccc4c(c3)OCO4)c3ccccc32)cc1. The normalized spacial score (nSPS) is 12.3. The minimum absolute atomic E-state index is 0.0489. The van der Waals surface area contributed by atoms with Crippen LogP contribution in [0.25, 0.3) is 22.0 Å². The van der Waals surface area contributed by atoms with Gasteiger partial charge in [0.25, 0.3) is 5.56 Å². The van der Waals surface area contributed by atoms with Crippen LogP contribution in [0.3, 0.4) is 0 Å². The number of benzene rings is 3. The largest absolute Gasteiger partial charge is 0.497 e. The van der Waals surface area contributed by atoms with Crippen molar-refractivity contribution >= 4 is 10.9 Å². The number of methoxy groups -OCH3 is 1. The third-order valence-corrected chi connectivity index (χ3v) is 5.20. The van der Waals surface area contributed by atoms with Gasteiger partial charge in [-0.2, -0.15) is 0 Å². The standard InChI is InChI=1S/C24H19NO4/c1-27-18-9-6-16(7-10-18)14-25-21-5-3-2-4-19(21)20(13-24(25)26)17-8-11-22-23(12-17)29-15-28-22/h2-13H,14-15H2,1H3. The van der Waals surface area contributed by atoms with E-state index >= 15 is 0 Å². The third-order valence-electron chi connectivity index (χ3n) is 5.20. The fraction of sp³-hybridized carbons (Fsp3) is 0.125. The van der Waals surface area contributed by atoms with Gasteiger partial charge in [-0.25, -0.2) is 0 Å². The molecule has 3 aromatic carbocycles. The van der Waals surface area contributed by atoms with Gasteiger partial charge in [0.2, 0.25) is 6.79 Å². The second-order valence-electron chi connectivity index (χ2n) is 6.92. The summed E-state index contributed by atoms with van der Waals surface area (Å²) >= 11 is 0. The van der Waals surface area contributed by atoms with E-state index in [1.807, 2.05) is 66.7 Å². The monoisotopic (exact) mass is 385 g/mol. The van der Waals surface area contributed by atoms with Crippen molar-refractivity contribution in [2.75, 3.05) is 13.9 Å². The molecule has 0 saturated carbocycles. The van der Waals surface area contributed by atoms with E-state index in [4.69, 9.17) is 14.2 Å². The third kappa shape index (κ3) is 3.10. The maximum absolute atomic E-state index is 13.1. The lowest BCUT2D eigenvalue weighted by atomic mass is 10.0. The number of ether oxygens (including phenoxy) is 3. The average molecular weight is 385 g/mol. The quantitative estimate of drug-likeness (QED) is 0.521. The van der Waals surface area contributed by atoms with Crippen LogP contribution in [0.15, 0.2) is 77.6 Å². The zero-order valence-electron chi connectivity index (χ0n) is 15.9. The highest BCUT2D eigenvalue weighted by atomic mass is 16.7. The molecule has 0 radical (unpaired) electrons. The van der Waals surface area contributed by atoms with Crippen molar-refractivity contribution in [3.8, 4) is 28.4 Å². The zero-order chi connectivity index (χ0) is 19.8. The van der Waals surface area contributed by atoms with E-state index in [1.54, 1.807) is 17.7 Å². The van der Waals surface area contributed by atoms with Crippen molar-refractivity contribution in [1.29, 1.82) is 0 Å². The van der Waals surface area contributed by atoms with Crippen molar-refractivity contribution in [3.05, 3.63) is 88.7 Å². The summed E-state index contributed by atoms with van der Waals surface area (Å²) in [4.78, 5) is 13.1. The summed E-state index contributed by atoms with van der Waals surface area (Å²) < 4.78 is 17.9. The zero-order valence-corrected chi connectivity index (χ0v) is 15.9. The first-order chi connectivity index (χ1) is 14.2. The van der Waals surface area contributed by atoms with E-state index in [0.717, 1.165) is 39.1 Å². The first-order valence-corrected chi connectivity index (χ1v) is 9.38. The highest BCUT2D eigenvalue weighted by Crippen LogP contribution is 2.37. The van der Waals surface area contributed by atoms with E-state index in [-0.39, 0.29) is 12.4 Å². The highest BCUT2D eigenvalue weighted by Gasteiger charge is 2.16. The Morgan fingerprint density at radius 1 is 0.931 bits per heavy atom. The lowest BCUT2D eigenvalue weighted by molar-refractivity contribution is 0.174. The molecule has 0 amide bonds. The number of hydrogen-bond donors (Lipinski definition) is 0. The van der Waals surface area contributed by atoms with Crippen LogP contribution in [0.2, 0.25) is 0 Å². The summed E-state index contributed by atoms with van der Waals surface area (Å²) in [6.07, 6.45) is 0. The molecule has 1 aliphatic rings. The number of rotatable bonds is 4. The maximum Gasteiger partial charge on any atom is 0.251 e. The molecule has 2 heterocycles. The Bertz CT molecular complexity index is 1260. The Balaban J connectivity index is 1.63. The lowest BCUT2D eigenvalue weighted by Gasteiger charge is -2.14. The molecule has 5 heteroatoms. The minimum Gasteiger partial charge on any atom is -0.497 e. The van der Waals surface area contributed by atoms with E-state index in [1.165, 1.54) is 0 Å². The molecule has 0 aliphatic carbocycles.